The molecule has 2 amide bonds. The van der Waals surface area contributed by atoms with Gasteiger partial charge in [0.05, 0.1) is 6.54 Å². The second kappa shape index (κ2) is 5.85. The van der Waals surface area contributed by atoms with Gasteiger partial charge in [-0.3, -0.25) is 14.4 Å². The van der Waals surface area contributed by atoms with Gasteiger partial charge in [0.15, 0.2) is 0 Å². The van der Waals surface area contributed by atoms with Crippen LogP contribution in [0.1, 0.15) is 37.3 Å². The van der Waals surface area contributed by atoms with Crippen molar-refractivity contribution >= 4 is 11.8 Å². The van der Waals surface area contributed by atoms with Gasteiger partial charge in [0.2, 0.25) is 5.91 Å². The van der Waals surface area contributed by atoms with Gasteiger partial charge in [-0.15, -0.1) is 0 Å². The van der Waals surface area contributed by atoms with Crippen molar-refractivity contribution in [1.29, 1.82) is 0 Å². The van der Waals surface area contributed by atoms with E-state index in [4.69, 9.17) is 4.84 Å². The van der Waals surface area contributed by atoms with Crippen LogP contribution in [0.2, 0.25) is 0 Å². The van der Waals surface area contributed by atoms with Crippen LogP contribution in [0.5, 0.6) is 0 Å². The molecule has 0 aromatic heterocycles. The van der Waals surface area contributed by atoms with Crippen molar-refractivity contribution in [3.63, 3.8) is 0 Å². The van der Waals surface area contributed by atoms with Crippen LogP contribution < -0.4 is 0 Å². The molecular formula is C16H20N2O3. The van der Waals surface area contributed by atoms with Crippen LogP contribution in [-0.2, 0) is 27.6 Å². The Balaban J connectivity index is 1.75. The molecule has 5 heteroatoms. The van der Waals surface area contributed by atoms with Crippen molar-refractivity contribution in [2.24, 2.45) is 0 Å². The SMILES string of the molecule is CC(=O)N1CCCC[C@@H]1C(=O)N1Cc2ccccc2CO1. The fraction of sp³-hybridized carbons (Fsp3) is 0.500. The van der Waals surface area contributed by atoms with E-state index in [1.807, 2.05) is 24.3 Å². The van der Waals surface area contributed by atoms with E-state index in [2.05, 4.69) is 0 Å². The number of likely N-dealkylation sites (tertiary alicyclic amines) is 1. The average Bonchev–Trinajstić information content (AvgIpc) is 2.53. The second-order valence-corrected chi connectivity index (χ2v) is 5.64. The Hall–Kier alpha value is -1.88. The molecule has 1 atom stereocenters. The zero-order valence-electron chi connectivity index (χ0n) is 12.2. The number of rotatable bonds is 1. The Morgan fingerprint density at radius 3 is 2.71 bits per heavy atom. The molecule has 1 aromatic carbocycles. The van der Waals surface area contributed by atoms with Crippen molar-refractivity contribution in [3.05, 3.63) is 35.4 Å². The maximum Gasteiger partial charge on any atom is 0.269 e. The number of hydrogen-bond donors (Lipinski definition) is 0. The topological polar surface area (TPSA) is 49.9 Å². The molecule has 112 valence electrons. The van der Waals surface area contributed by atoms with E-state index < -0.39 is 0 Å². The van der Waals surface area contributed by atoms with Crippen LogP contribution >= 0.6 is 0 Å². The first-order chi connectivity index (χ1) is 10.2. The molecule has 0 bridgehead atoms. The van der Waals surface area contributed by atoms with Crippen LogP contribution in [0, 0.1) is 0 Å². The Bertz CT molecular complexity index is 558. The highest BCUT2D eigenvalue weighted by Crippen LogP contribution is 2.24. The molecule has 1 saturated heterocycles. The third kappa shape index (κ3) is 2.78. The third-order valence-corrected chi connectivity index (χ3v) is 4.25. The third-order valence-electron chi connectivity index (χ3n) is 4.25. The molecule has 0 N–H and O–H groups in total. The van der Waals surface area contributed by atoms with Crippen molar-refractivity contribution < 1.29 is 14.4 Å². The number of fused-ring (bicyclic) bond motifs is 1. The largest absolute Gasteiger partial charge is 0.331 e. The summed E-state index contributed by atoms with van der Waals surface area (Å²) in [5.74, 6) is -0.134. The fourth-order valence-electron chi connectivity index (χ4n) is 3.07. The maximum atomic E-state index is 12.7. The summed E-state index contributed by atoms with van der Waals surface area (Å²) >= 11 is 0. The summed E-state index contributed by atoms with van der Waals surface area (Å²) in [6, 6.07) is 7.59. The van der Waals surface area contributed by atoms with Crippen LogP contribution in [0.25, 0.3) is 0 Å². The first-order valence-corrected chi connectivity index (χ1v) is 7.45. The highest BCUT2D eigenvalue weighted by molar-refractivity contribution is 5.86. The highest BCUT2D eigenvalue weighted by Gasteiger charge is 2.35. The molecular weight excluding hydrogens is 268 g/mol. The molecule has 2 heterocycles. The van der Waals surface area contributed by atoms with E-state index in [1.165, 1.54) is 12.0 Å². The number of piperidine rings is 1. The van der Waals surface area contributed by atoms with Gasteiger partial charge < -0.3 is 4.90 Å². The number of benzene rings is 1. The molecule has 2 aliphatic heterocycles. The summed E-state index contributed by atoms with van der Waals surface area (Å²) in [4.78, 5) is 31.7. The second-order valence-electron chi connectivity index (χ2n) is 5.64. The van der Waals surface area contributed by atoms with Gasteiger partial charge in [-0.1, -0.05) is 24.3 Å². The van der Waals surface area contributed by atoms with E-state index in [0.29, 0.717) is 19.7 Å². The molecule has 1 fully saturated rings. The van der Waals surface area contributed by atoms with E-state index >= 15 is 0 Å². The van der Waals surface area contributed by atoms with Crippen molar-refractivity contribution in [2.45, 2.75) is 45.4 Å². The Morgan fingerprint density at radius 2 is 1.95 bits per heavy atom. The van der Waals surface area contributed by atoms with Crippen molar-refractivity contribution in [3.8, 4) is 0 Å². The molecule has 0 saturated carbocycles. The minimum Gasteiger partial charge on any atom is -0.331 e. The average molecular weight is 288 g/mol. The summed E-state index contributed by atoms with van der Waals surface area (Å²) in [6.07, 6.45) is 2.66. The molecule has 0 aliphatic carbocycles. The van der Waals surface area contributed by atoms with Crippen molar-refractivity contribution in [2.75, 3.05) is 6.54 Å². The number of carbonyl (C=O) groups excluding carboxylic acids is 2. The molecule has 1 aromatic rings. The Morgan fingerprint density at radius 1 is 1.19 bits per heavy atom. The van der Waals surface area contributed by atoms with Crippen molar-refractivity contribution in [1.82, 2.24) is 9.96 Å². The minimum absolute atomic E-state index is 0.0366. The predicted molar refractivity (Wildman–Crippen MR) is 76.8 cm³/mol. The molecule has 0 spiro atoms. The van der Waals surface area contributed by atoms with Gasteiger partial charge in [0.1, 0.15) is 12.6 Å². The molecule has 0 radical (unpaired) electrons. The normalized spacial score (nSPS) is 21.9. The summed E-state index contributed by atoms with van der Waals surface area (Å²) in [5, 5.41) is 1.42. The maximum absolute atomic E-state index is 12.7. The fourth-order valence-corrected chi connectivity index (χ4v) is 3.07. The van der Waals surface area contributed by atoms with Crippen LogP contribution in [0.4, 0.5) is 0 Å². The first-order valence-electron chi connectivity index (χ1n) is 7.45. The number of hydrogen-bond acceptors (Lipinski definition) is 3. The first kappa shape index (κ1) is 14.1. The van der Waals surface area contributed by atoms with Gasteiger partial charge in [-0.2, -0.15) is 0 Å². The molecule has 3 rings (SSSR count). The van der Waals surface area contributed by atoms with Crippen LogP contribution in [0.3, 0.4) is 0 Å². The minimum atomic E-state index is -0.374. The lowest BCUT2D eigenvalue weighted by molar-refractivity contribution is -0.207. The number of amides is 2. The van der Waals surface area contributed by atoms with Gasteiger partial charge in [-0.25, -0.2) is 5.06 Å². The summed E-state index contributed by atoms with van der Waals surface area (Å²) in [5.41, 5.74) is 2.23. The summed E-state index contributed by atoms with van der Waals surface area (Å²) in [6.45, 7) is 3.06. The van der Waals surface area contributed by atoms with Gasteiger partial charge in [0.25, 0.3) is 5.91 Å². The van der Waals surface area contributed by atoms with Crippen LogP contribution in [-0.4, -0.2) is 34.4 Å². The standard InChI is InChI=1S/C16H20N2O3/c1-12(19)17-9-5-4-8-15(17)16(20)18-10-13-6-2-3-7-14(13)11-21-18/h2-3,6-7,15H,4-5,8-11H2,1H3/t15-/m1/s1. The summed E-state index contributed by atoms with van der Waals surface area (Å²) in [7, 11) is 0. The summed E-state index contributed by atoms with van der Waals surface area (Å²) < 4.78 is 0. The van der Waals surface area contributed by atoms with E-state index in [-0.39, 0.29) is 17.9 Å². The van der Waals surface area contributed by atoms with E-state index in [1.54, 1.807) is 4.90 Å². The monoisotopic (exact) mass is 288 g/mol. The molecule has 2 aliphatic rings. The highest BCUT2D eigenvalue weighted by atomic mass is 16.7. The zero-order valence-corrected chi connectivity index (χ0v) is 12.2. The quantitative estimate of drug-likeness (QED) is 0.792. The van der Waals surface area contributed by atoms with E-state index in [0.717, 1.165) is 30.4 Å². The molecule has 5 nitrogen and oxygen atoms in total. The van der Waals surface area contributed by atoms with Gasteiger partial charge in [0, 0.05) is 13.5 Å². The molecule has 21 heavy (non-hydrogen) atoms. The Labute approximate surface area is 124 Å². The molecule has 0 unspecified atom stereocenters. The lowest BCUT2D eigenvalue weighted by atomic mass is 10.0. The number of hydroxylamine groups is 2. The van der Waals surface area contributed by atoms with Gasteiger partial charge >= 0.3 is 0 Å². The Kier molecular flexibility index (Phi) is 3.92. The lowest BCUT2D eigenvalue weighted by Gasteiger charge is -2.38. The number of carbonyl (C=O) groups is 2. The van der Waals surface area contributed by atoms with Gasteiger partial charge in [-0.05, 0) is 30.4 Å². The number of nitrogens with zero attached hydrogens (tertiary/aromatic N) is 2. The zero-order chi connectivity index (χ0) is 14.8. The van der Waals surface area contributed by atoms with Crippen LogP contribution in [0.15, 0.2) is 24.3 Å². The van der Waals surface area contributed by atoms with E-state index in [9.17, 15) is 9.59 Å². The smallest absolute Gasteiger partial charge is 0.269 e. The predicted octanol–water partition coefficient (Wildman–Crippen LogP) is 1.86. The lowest BCUT2D eigenvalue weighted by Crippen LogP contribution is -2.52.